The molecule has 0 aromatic carbocycles. The third-order valence-corrected chi connectivity index (χ3v) is 2.68. The first kappa shape index (κ1) is 9.85. The fraction of sp³-hybridized carbons (Fsp3) is 0.500. The Labute approximate surface area is 78.5 Å². The largest absolute Gasteiger partial charge is 0.369 e. The molecular formula is C6H10N4O2S. The SMILES string of the molecule is CC(Sc1n[nH]c(=O)n1C)C(N)=O. The van der Waals surface area contributed by atoms with Gasteiger partial charge in [0.25, 0.3) is 0 Å². The quantitative estimate of drug-likeness (QED) is 0.619. The molecule has 1 atom stereocenters. The second-order valence-electron chi connectivity index (χ2n) is 2.53. The van der Waals surface area contributed by atoms with Gasteiger partial charge in [0.2, 0.25) is 5.91 Å². The van der Waals surface area contributed by atoms with E-state index in [0.717, 1.165) is 11.8 Å². The van der Waals surface area contributed by atoms with Gasteiger partial charge in [-0.3, -0.25) is 9.36 Å². The van der Waals surface area contributed by atoms with Crippen molar-refractivity contribution in [2.75, 3.05) is 0 Å². The summed E-state index contributed by atoms with van der Waals surface area (Å²) in [5.41, 5.74) is 4.75. The summed E-state index contributed by atoms with van der Waals surface area (Å²) in [4.78, 5) is 21.6. The smallest absolute Gasteiger partial charge is 0.343 e. The van der Waals surface area contributed by atoms with Crippen LogP contribution in [0.4, 0.5) is 0 Å². The summed E-state index contributed by atoms with van der Waals surface area (Å²) >= 11 is 1.15. The number of nitrogens with zero attached hydrogens (tertiary/aromatic N) is 2. The number of nitrogens with two attached hydrogens (primary N) is 1. The molecule has 1 amide bonds. The minimum atomic E-state index is -0.430. The van der Waals surface area contributed by atoms with E-state index in [-0.39, 0.29) is 5.69 Å². The lowest BCUT2D eigenvalue weighted by Gasteiger charge is -2.04. The van der Waals surface area contributed by atoms with Gasteiger partial charge in [-0.25, -0.2) is 9.89 Å². The summed E-state index contributed by atoms with van der Waals surface area (Å²) in [6.07, 6.45) is 0. The lowest BCUT2D eigenvalue weighted by Crippen LogP contribution is -2.23. The minimum Gasteiger partial charge on any atom is -0.369 e. The van der Waals surface area contributed by atoms with Gasteiger partial charge in [0.05, 0.1) is 5.25 Å². The van der Waals surface area contributed by atoms with Crippen molar-refractivity contribution in [2.45, 2.75) is 17.3 Å². The van der Waals surface area contributed by atoms with Crippen molar-refractivity contribution in [3.63, 3.8) is 0 Å². The van der Waals surface area contributed by atoms with Crippen LogP contribution < -0.4 is 11.4 Å². The fourth-order valence-corrected chi connectivity index (χ4v) is 1.43. The van der Waals surface area contributed by atoms with Crippen LogP contribution in [0.25, 0.3) is 0 Å². The summed E-state index contributed by atoms with van der Waals surface area (Å²) in [7, 11) is 1.57. The highest BCUT2D eigenvalue weighted by Crippen LogP contribution is 2.17. The van der Waals surface area contributed by atoms with Crippen molar-refractivity contribution in [1.82, 2.24) is 14.8 Å². The number of aromatic amines is 1. The van der Waals surface area contributed by atoms with E-state index in [1.54, 1.807) is 14.0 Å². The number of hydrogen-bond donors (Lipinski definition) is 2. The van der Waals surface area contributed by atoms with Gasteiger partial charge in [0.1, 0.15) is 0 Å². The molecule has 1 aromatic heterocycles. The van der Waals surface area contributed by atoms with Crippen molar-refractivity contribution in [2.24, 2.45) is 12.8 Å². The normalized spacial score (nSPS) is 12.8. The Balaban J connectivity index is 2.80. The van der Waals surface area contributed by atoms with Gasteiger partial charge in [0, 0.05) is 7.05 Å². The summed E-state index contributed by atoms with van der Waals surface area (Å²) in [5, 5.41) is 6.04. The van der Waals surface area contributed by atoms with E-state index in [2.05, 4.69) is 10.2 Å². The molecule has 0 spiro atoms. The third kappa shape index (κ3) is 2.11. The zero-order chi connectivity index (χ0) is 10.0. The van der Waals surface area contributed by atoms with Gasteiger partial charge in [-0.15, -0.1) is 5.10 Å². The van der Waals surface area contributed by atoms with Crippen LogP contribution >= 0.6 is 11.8 Å². The zero-order valence-corrected chi connectivity index (χ0v) is 8.09. The number of H-pyrrole nitrogens is 1. The number of carbonyl (C=O) groups excluding carboxylic acids is 1. The van der Waals surface area contributed by atoms with E-state index < -0.39 is 11.2 Å². The maximum absolute atomic E-state index is 10.9. The Kier molecular flexibility index (Phi) is 2.76. The topological polar surface area (TPSA) is 93.8 Å². The number of rotatable bonds is 3. The van der Waals surface area contributed by atoms with Crippen LogP contribution in [-0.2, 0) is 11.8 Å². The highest BCUT2D eigenvalue weighted by atomic mass is 32.2. The average Bonchev–Trinajstić information content (AvgIpc) is 2.36. The molecule has 0 radical (unpaired) electrons. The van der Waals surface area contributed by atoms with Crippen LogP contribution in [0, 0.1) is 0 Å². The first-order valence-electron chi connectivity index (χ1n) is 3.59. The number of carbonyl (C=O) groups is 1. The first-order valence-corrected chi connectivity index (χ1v) is 4.47. The molecule has 1 aromatic rings. The molecule has 0 aliphatic heterocycles. The molecule has 0 saturated heterocycles. The minimum absolute atomic E-state index is 0.306. The maximum atomic E-state index is 10.9. The van der Waals surface area contributed by atoms with Crippen molar-refractivity contribution in [3.8, 4) is 0 Å². The van der Waals surface area contributed by atoms with Gasteiger partial charge >= 0.3 is 5.69 Å². The standard InChI is InChI=1S/C6H10N4O2S/c1-3(4(7)11)13-6-9-8-5(12)10(6)2/h3H,1-2H3,(H2,7,11)(H,8,12). The van der Waals surface area contributed by atoms with Crippen LogP contribution in [0.15, 0.2) is 9.95 Å². The summed E-state index contributed by atoms with van der Waals surface area (Å²) in [6.45, 7) is 1.66. The zero-order valence-electron chi connectivity index (χ0n) is 7.27. The Morgan fingerprint density at radius 3 is 2.77 bits per heavy atom. The van der Waals surface area contributed by atoms with Crippen LogP contribution in [-0.4, -0.2) is 25.9 Å². The number of aromatic nitrogens is 3. The summed E-state index contributed by atoms with van der Waals surface area (Å²) in [6, 6.07) is 0. The lowest BCUT2D eigenvalue weighted by molar-refractivity contribution is -0.117. The Morgan fingerprint density at radius 2 is 2.38 bits per heavy atom. The van der Waals surface area contributed by atoms with Gasteiger partial charge in [-0.1, -0.05) is 11.8 Å². The van der Waals surface area contributed by atoms with Crippen molar-refractivity contribution in [3.05, 3.63) is 10.5 Å². The number of nitrogens with one attached hydrogen (secondary N) is 1. The van der Waals surface area contributed by atoms with E-state index in [4.69, 9.17) is 5.73 Å². The maximum Gasteiger partial charge on any atom is 0.343 e. The second kappa shape index (κ2) is 3.65. The van der Waals surface area contributed by atoms with E-state index in [9.17, 15) is 9.59 Å². The van der Waals surface area contributed by atoms with Crippen LogP contribution in [0.1, 0.15) is 6.92 Å². The summed E-state index contributed by atoms with van der Waals surface area (Å²) in [5.74, 6) is -0.430. The van der Waals surface area contributed by atoms with Gasteiger partial charge < -0.3 is 5.73 Å². The van der Waals surface area contributed by atoms with E-state index in [0.29, 0.717) is 5.16 Å². The number of amides is 1. The van der Waals surface area contributed by atoms with E-state index in [1.165, 1.54) is 4.57 Å². The molecule has 0 bridgehead atoms. The Bertz CT molecular complexity index is 369. The highest BCUT2D eigenvalue weighted by Gasteiger charge is 2.14. The first-order chi connectivity index (χ1) is 6.02. The van der Waals surface area contributed by atoms with Crippen LogP contribution in [0.5, 0.6) is 0 Å². The third-order valence-electron chi connectivity index (χ3n) is 1.52. The molecule has 0 fully saturated rings. The second-order valence-corrected chi connectivity index (χ2v) is 3.84. The molecule has 0 saturated carbocycles. The monoisotopic (exact) mass is 202 g/mol. The van der Waals surface area contributed by atoms with Gasteiger partial charge in [-0.05, 0) is 6.92 Å². The summed E-state index contributed by atoms with van der Waals surface area (Å²) < 4.78 is 1.32. The van der Waals surface area contributed by atoms with Crippen LogP contribution in [0.2, 0.25) is 0 Å². The molecule has 13 heavy (non-hydrogen) atoms. The predicted octanol–water partition coefficient (Wildman–Crippen LogP) is -0.926. The molecular weight excluding hydrogens is 192 g/mol. The van der Waals surface area contributed by atoms with Crippen molar-refractivity contribution in [1.29, 1.82) is 0 Å². The van der Waals surface area contributed by atoms with Crippen molar-refractivity contribution >= 4 is 17.7 Å². The van der Waals surface area contributed by atoms with E-state index in [1.807, 2.05) is 0 Å². The molecule has 72 valence electrons. The average molecular weight is 202 g/mol. The molecule has 7 heteroatoms. The lowest BCUT2D eigenvalue weighted by atomic mass is 10.5. The molecule has 6 nitrogen and oxygen atoms in total. The highest BCUT2D eigenvalue weighted by molar-refractivity contribution is 8.00. The van der Waals surface area contributed by atoms with Crippen LogP contribution in [0.3, 0.4) is 0 Å². The molecule has 3 N–H and O–H groups in total. The molecule has 0 aliphatic rings. The van der Waals surface area contributed by atoms with E-state index >= 15 is 0 Å². The number of primary amides is 1. The number of hydrogen-bond acceptors (Lipinski definition) is 4. The van der Waals surface area contributed by atoms with Gasteiger partial charge in [0.15, 0.2) is 5.16 Å². The number of thioether (sulfide) groups is 1. The van der Waals surface area contributed by atoms with Gasteiger partial charge in [-0.2, -0.15) is 0 Å². The molecule has 1 heterocycles. The molecule has 0 aliphatic carbocycles. The molecule has 1 rings (SSSR count). The Morgan fingerprint density at radius 1 is 1.77 bits per heavy atom. The van der Waals surface area contributed by atoms with Crippen molar-refractivity contribution < 1.29 is 4.79 Å². The Hall–Kier alpha value is -1.24. The molecule has 1 unspecified atom stereocenters. The fourth-order valence-electron chi connectivity index (χ4n) is 0.654. The predicted molar refractivity (Wildman–Crippen MR) is 48.3 cm³/mol.